The van der Waals surface area contributed by atoms with Crippen LogP contribution in [0.5, 0.6) is 0 Å². The summed E-state index contributed by atoms with van der Waals surface area (Å²) in [7, 11) is 0. The van der Waals surface area contributed by atoms with Gasteiger partial charge in [0.05, 0.1) is 12.6 Å². The second-order valence-corrected chi connectivity index (χ2v) is 6.03. The molecule has 0 spiro atoms. The molecule has 0 unspecified atom stereocenters. The van der Waals surface area contributed by atoms with Crippen LogP contribution in [0.3, 0.4) is 0 Å². The van der Waals surface area contributed by atoms with Crippen molar-refractivity contribution in [2.45, 2.75) is 32.4 Å². The van der Waals surface area contributed by atoms with E-state index in [9.17, 15) is 4.79 Å². The number of carbonyl (C=O) groups excluding carboxylic acids is 1. The van der Waals surface area contributed by atoms with Crippen LogP contribution in [0.2, 0.25) is 0 Å². The molecule has 6 heteroatoms. The minimum absolute atomic E-state index is 0.0677. The molecule has 0 bridgehead atoms. The van der Waals surface area contributed by atoms with Crippen molar-refractivity contribution in [3.8, 4) is 0 Å². The van der Waals surface area contributed by atoms with Crippen molar-refractivity contribution in [1.82, 2.24) is 10.3 Å². The topological polar surface area (TPSA) is 71.5 Å². The Labute approximate surface area is 139 Å². The number of aromatic nitrogens is 1. The van der Waals surface area contributed by atoms with Crippen LogP contribution >= 0.6 is 0 Å². The molecule has 4 rings (SSSR count). The number of fused-ring (bicyclic) bond motifs is 1. The van der Waals surface area contributed by atoms with Crippen LogP contribution in [0, 0.1) is 0 Å². The van der Waals surface area contributed by atoms with E-state index in [0.29, 0.717) is 12.6 Å². The maximum atomic E-state index is 11.0. The minimum Gasteiger partial charge on any atom is -0.462 e. The van der Waals surface area contributed by atoms with Crippen LogP contribution in [0.4, 0.5) is 6.01 Å². The van der Waals surface area contributed by atoms with Crippen molar-refractivity contribution in [1.29, 1.82) is 0 Å². The molecule has 24 heavy (non-hydrogen) atoms. The summed E-state index contributed by atoms with van der Waals surface area (Å²) in [6, 6.07) is 12.4. The molecular weight excluding hydrogens is 306 g/mol. The Morgan fingerprint density at radius 1 is 1.29 bits per heavy atom. The van der Waals surface area contributed by atoms with Crippen molar-refractivity contribution >= 4 is 23.0 Å². The SMILES string of the molecule is CC(=O)NCc1ccc([C@@H]2CCCN2c2nc3ccccc3o2)o1. The number of nitrogens with zero attached hydrogens (tertiary/aromatic N) is 2. The highest BCUT2D eigenvalue weighted by Gasteiger charge is 2.31. The van der Waals surface area contributed by atoms with Gasteiger partial charge in [0.2, 0.25) is 5.91 Å². The maximum absolute atomic E-state index is 11.0. The summed E-state index contributed by atoms with van der Waals surface area (Å²) < 4.78 is 11.8. The van der Waals surface area contributed by atoms with Gasteiger partial charge >= 0.3 is 0 Å². The number of amides is 1. The lowest BCUT2D eigenvalue weighted by Crippen LogP contribution is -2.22. The molecule has 1 aliphatic rings. The minimum atomic E-state index is -0.0677. The predicted octanol–water partition coefficient (Wildman–Crippen LogP) is 3.40. The molecule has 0 saturated carbocycles. The Morgan fingerprint density at radius 2 is 2.17 bits per heavy atom. The monoisotopic (exact) mass is 325 g/mol. The standard InChI is InChI=1S/C18H19N3O3/c1-12(22)19-11-13-8-9-17(23-13)15-6-4-10-21(15)18-20-14-5-2-3-7-16(14)24-18/h2-3,5,7-9,15H,4,6,10-11H2,1H3,(H,19,22)/t15-/m0/s1. The first kappa shape index (κ1) is 14.8. The Balaban J connectivity index is 1.57. The molecule has 1 amide bonds. The summed E-state index contributed by atoms with van der Waals surface area (Å²) in [5, 5.41) is 2.75. The van der Waals surface area contributed by atoms with E-state index in [1.165, 1.54) is 6.92 Å². The fourth-order valence-electron chi connectivity index (χ4n) is 3.15. The molecule has 0 radical (unpaired) electrons. The van der Waals surface area contributed by atoms with E-state index in [1.807, 2.05) is 36.4 Å². The van der Waals surface area contributed by atoms with Crippen molar-refractivity contribution < 1.29 is 13.6 Å². The lowest BCUT2D eigenvalue weighted by molar-refractivity contribution is -0.119. The Kier molecular flexibility index (Phi) is 3.72. The van der Waals surface area contributed by atoms with Gasteiger partial charge in [0.1, 0.15) is 17.0 Å². The average Bonchev–Trinajstić information content (AvgIpc) is 3.29. The highest BCUT2D eigenvalue weighted by molar-refractivity contribution is 5.74. The summed E-state index contributed by atoms with van der Waals surface area (Å²) in [5.74, 6) is 1.57. The van der Waals surface area contributed by atoms with Gasteiger partial charge in [-0.05, 0) is 37.1 Å². The Bertz CT molecular complexity index is 834. The maximum Gasteiger partial charge on any atom is 0.299 e. The van der Waals surface area contributed by atoms with Gasteiger partial charge in [-0.2, -0.15) is 4.98 Å². The number of hydrogen-bond acceptors (Lipinski definition) is 5. The van der Waals surface area contributed by atoms with Gasteiger partial charge in [-0.1, -0.05) is 12.1 Å². The number of furan rings is 1. The van der Waals surface area contributed by atoms with E-state index < -0.39 is 0 Å². The van der Waals surface area contributed by atoms with Gasteiger partial charge in [0, 0.05) is 13.5 Å². The van der Waals surface area contributed by atoms with Crippen LogP contribution in [-0.4, -0.2) is 17.4 Å². The Hall–Kier alpha value is -2.76. The van der Waals surface area contributed by atoms with Crippen molar-refractivity contribution in [2.75, 3.05) is 11.4 Å². The first-order valence-corrected chi connectivity index (χ1v) is 8.16. The van der Waals surface area contributed by atoms with Crippen molar-refractivity contribution in [3.05, 3.63) is 47.9 Å². The summed E-state index contributed by atoms with van der Waals surface area (Å²) in [5.41, 5.74) is 1.66. The number of anilines is 1. The number of oxazole rings is 1. The quantitative estimate of drug-likeness (QED) is 0.796. The first-order valence-electron chi connectivity index (χ1n) is 8.16. The van der Waals surface area contributed by atoms with Crippen LogP contribution in [-0.2, 0) is 11.3 Å². The Morgan fingerprint density at radius 3 is 3.00 bits per heavy atom. The molecule has 1 fully saturated rings. The zero-order valence-corrected chi connectivity index (χ0v) is 13.5. The van der Waals surface area contributed by atoms with E-state index in [-0.39, 0.29) is 11.9 Å². The lowest BCUT2D eigenvalue weighted by Gasteiger charge is -2.20. The number of hydrogen-bond donors (Lipinski definition) is 1. The van der Waals surface area contributed by atoms with Crippen LogP contribution in [0.25, 0.3) is 11.1 Å². The van der Waals surface area contributed by atoms with Gasteiger partial charge in [-0.15, -0.1) is 0 Å². The fraction of sp³-hybridized carbons (Fsp3) is 0.333. The number of rotatable bonds is 4. The molecule has 1 atom stereocenters. The molecule has 3 aromatic rings. The second kappa shape index (κ2) is 6.03. The lowest BCUT2D eigenvalue weighted by atomic mass is 10.2. The van der Waals surface area contributed by atoms with Crippen molar-refractivity contribution in [3.63, 3.8) is 0 Å². The smallest absolute Gasteiger partial charge is 0.299 e. The van der Waals surface area contributed by atoms with E-state index in [4.69, 9.17) is 8.83 Å². The molecule has 1 N–H and O–H groups in total. The number of para-hydroxylation sites is 2. The number of nitrogens with one attached hydrogen (secondary N) is 1. The molecule has 124 valence electrons. The molecule has 6 nitrogen and oxygen atoms in total. The summed E-state index contributed by atoms with van der Waals surface area (Å²) in [4.78, 5) is 17.8. The first-order chi connectivity index (χ1) is 11.7. The summed E-state index contributed by atoms with van der Waals surface area (Å²) in [6.45, 7) is 2.79. The highest BCUT2D eigenvalue weighted by Crippen LogP contribution is 2.37. The van der Waals surface area contributed by atoms with Gasteiger partial charge in [-0.3, -0.25) is 4.79 Å². The van der Waals surface area contributed by atoms with Crippen LogP contribution in [0.15, 0.2) is 45.2 Å². The van der Waals surface area contributed by atoms with Gasteiger partial charge < -0.3 is 19.1 Å². The van der Waals surface area contributed by atoms with E-state index in [0.717, 1.165) is 42.0 Å². The van der Waals surface area contributed by atoms with E-state index in [2.05, 4.69) is 15.2 Å². The zero-order valence-electron chi connectivity index (χ0n) is 13.5. The number of carbonyl (C=O) groups is 1. The van der Waals surface area contributed by atoms with E-state index in [1.54, 1.807) is 0 Å². The van der Waals surface area contributed by atoms with Gasteiger partial charge in [0.15, 0.2) is 5.58 Å². The second-order valence-electron chi connectivity index (χ2n) is 6.03. The largest absolute Gasteiger partial charge is 0.462 e. The third-order valence-electron chi connectivity index (χ3n) is 4.30. The predicted molar refractivity (Wildman–Crippen MR) is 89.6 cm³/mol. The average molecular weight is 325 g/mol. The molecule has 3 heterocycles. The molecule has 2 aromatic heterocycles. The highest BCUT2D eigenvalue weighted by atomic mass is 16.4. The fourth-order valence-corrected chi connectivity index (χ4v) is 3.15. The number of benzene rings is 1. The van der Waals surface area contributed by atoms with Gasteiger partial charge in [-0.25, -0.2) is 0 Å². The van der Waals surface area contributed by atoms with Crippen LogP contribution < -0.4 is 10.2 Å². The van der Waals surface area contributed by atoms with Gasteiger partial charge in [0.25, 0.3) is 6.01 Å². The zero-order chi connectivity index (χ0) is 16.5. The van der Waals surface area contributed by atoms with Crippen molar-refractivity contribution in [2.24, 2.45) is 0 Å². The molecular formula is C18H19N3O3. The molecule has 1 aromatic carbocycles. The third-order valence-corrected chi connectivity index (χ3v) is 4.30. The van der Waals surface area contributed by atoms with E-state index >= 15 is 0 Å². The molecule has 0 aliphatic carbocycles. The molecule has 1 aliphatic heterocycles. The molecule has 1 saturated heterocycles. The summed E-state index contributed by atoms with van der Waals surface area (Å²) in [6.07, 6.45) is 2.05. The summed E-state index contributed by atoms with van der Waals surface area (Å²) >= 11 is 0. The third kappa shape index (κ3) is 2.75. The normalized spacial score (nSPS) is 17.5. The van der Waals surface area contributed by atoms with Crippen LogP contribution in [0.1, 0.15) is 37.3 Å².